The van der Waals surface area contributed by atoms with Crippen LogP contribution in [0.25, 0.3) is 0 Å². The fourth-order valence-corrected chi connectivity index (χ4v) is 3.68. The summed E-state index contributed by atoms with van der Waals surface area (Å²) in [6.45, 7) is 4.01. The number of piperidine rings is 1. The lowest BCUT2D eigenvalue weighted by Crippen LogP contribution is -2.39. The summed E-state index contributed by atoms with van der Waals surface area (Å²) in [6.07, 6.45) is 5.96. The monoisotopic (exact) mass is 335 g/mol. The van der Waals surface area contributed by atoms with E-state index in [0.29, 0.717) is 18.2 Å². The smallest absolute Gasteiger partial charge is 0.222 e. The van der Waals surface area contributed by atoms with Gasteiger partial charge in [0.2, 0.25) is 5.91 Å². The standard InChI is InChI=1S/C23H29NO/c1-2-19-8-10-20(11-9-19)12-13-23(25)24-16-14-22(15-17-24)18-21-6-4-3-5-7-21/h3-11,22H,2,12-18H2,1H3. The number of aryl methyl sites for hydroxylation is 2. The third-order valence-electron chi connectivity index (χ3n) is 5.39. The van der Waals surface area contributed by atoms with E-state index in [2.05, 4.69) is 66.4 Å². The molecule has 1 fully saturated rings. The van der Waals surface area contributed by atoms with E-state index in [1.807, 2.05) is 0 Å². The van der Waals surface area contributed by atoms with E-state index in [1.165, 1.54) is 16.7 Å². The van der Waals surface area contributed by atoms with Crippen molar-refractivity contribution in [2.24, 2.45) is 5.92 Å². The molecule has 0 aliphatic carbocycles. The molecule has 0 radical (unpaired) electrons. The van der Waals surface area contributed by atoms with Gasteiger partial charge in [-0.3, -0.25) is 4.79 Å². The van der Waals surface area contributed by atoms with Crippen molar-refractivity contribution in [2.75, 3.05) is 13.1 Å². The molecule has 0 N–H and O–H groups in total. The van der Waals surface area contributed by atoms with E-state index >= 15 is 0 Å². The van der Waals surface area contributed by atoms with Gasteiger partial charge in [0.15, 0.2) is 0 Å². The highest BCUT2D eigenvalue weighted by atomic mass is 16.2. The lowest BCUT2D eigenvalue weighted by atomic mass is 9.90. The molecule has 2 aromatic carbocycles. The average Bonchev–Trinajstić information content (AvgIpc) is 2.68. The first-order chi connectivity index (χ1) is 12.2. The van der Waals surface area contributed by atoms with Crippen molar-refractivity contribution in [3.63, 3.8) is 0 Å². The minimum absolute atomic E-state index is 0.317. The van der Waals surface area contributed by atoms with Crippen molar-refractivity contribution in [2.45, 2.75) is 45.4 Å². The van der Waals surface area contributed by atoms with Gasteiger partial charge in [0.05, 0.1) is 0 Å². The number of carbonyl (C=O) groups is 1. The first-order valence-corrected chi connectivity index (χ1v) is 9.64. The van der Waals surface area contributed by atoms with E-state index in [4.69, 9.17) is 0 Å². The maximum absolute atomic E-state index is 12.5. The zero-order chi connectivity index (χ0) is 17.5. The highest BCUT2D eigenvalue weighted by Crippen LogP contribution is 2.22. The van der Waals surface area contributed by atoms with Crippen LogP contribution in [0.15, 0.2) is 54.6 Å². The number of nitrogens with zero attached hydrogens (tertiary/aromatic N) is 1. The van der Waals surface area contributed by atoms with E-state index in [1.54, 1.807) is 0 Å². The number of rotatable bonds is 6. The quantitative estimate of drug-likeness (QED) is 0.751. The number of hydrogen-bond donors (Lipinski definition) is 0. The van der Waals surface area contributed by atoms with E-state index in [0.717, 1.165) is 45.2 Å². The molecule has 2 heteroatoms. The Kier molecular flexibility index (Phi) is 6.27. The normalized spacial score (nSPS) is 15.3. The topological polar surface area (TPSA) is 20.3 Å². The lowest BCUT2D eigenvalue weighted by Gasteiger charge is -2.32. The lowest BCUT2D eigenvalue weighted by molar-refractivity contribution is -0.132. The van der Waals surface area contributed by atoms with Gasteiger partial charge in [0.25, 0.3) is 0 Å². The van der Waals surface area contributed by atoms with Crippen molar-refractivity contribution in [1.29, 1.82) is 0 Å². The number of amides is 1. The summed E-state index contributed by atoms with van der Waals surface area (Å²) in [6, 6.07) is 19.4. The van der Waals surface area contributed by atoms with Gasteiger partial charge in [-0.15, -0.1) is 0 Å². The zero-order valence-corrected chi connectivity index (χ0v) is 15.3. The molecular weight excluding hydrogens is 306 g/mol. The molecule has 1 amide bonds. The van der Waals surface area contributed by atoms with Crippen molar-refractivity contribution in [3.05, 3.63) is 71.3 Å². The van der Waals surface area contributed by atoms with Crippen LogP contribution in [0, 0.1) is 5.92 Å². The minimum Gasteiger partial charge on any atom is -0.343 e. The molecule has 25 heavy (non-hydrogen) atoms. The molecule has 0 bridgehead atoms. The highest BCUT2D eigenvalue weighted by molar-refractivity contribution is 5.76. The third kappa shape index (κ3) is 5.19. The van der Waals surface area contributed by atoms with Gasteiger partial charge in [-0.05, 0) is 54.7 Å². The predicted molar refractivity (Wildman–Crippen MR) is 104 cm³/mol. The second-order valence-corrected chi connectivity index (χ2v) is 7.18. The largest absolute Gasteiger partial charge is 0.343 e. The van der Waals surface area contributed by atoms with Gasteiger partial charge in [0, 0.05) is 19.5 Å². The summed E-state index contributed by atoms with van der Waals surface area (Å²) in [7, 11) is 0. The van der Waals surface area contributed by atoms with E-state index < -0.39 is 0 Å². The predicted octanol–water partition coefficient (Wildman–Crippen LogP) is 4.66. The Morgan fingerprint density at radius 3 is 2.20 bits per heavy atom. The van der Waals surface area contributed by atoms with Crippen LogP contribution in [0.2, 0.25) is 0 Å². The van der Waals surface area contributed by atoms with Crippen LogP contribution in [-0.2, 0) is 24.1 Å². The molecule has 0 spiro atoms. The second kappa shape index (κ2) is 8.84. The molecule has 2 aromatic rings. The molecule has 132 valence electrons. The Morgan fingerprint density at radius 1 is 0.920 bits per heavy atom. The molecule has 3 rings (SSSR count). The molecule has 1 aliphatic rings. The fourth-order valence-electron chi connectivity index (χ4n) is 3.68. The van der Waals surface area contributed by atoms with Gasteiger partial charge in [-0.1, -0.05) is 61.5 Å². The molecule has 0 aromatic heterocycles. The Balaban J connectivity index is 1.41. The van der Waals surface area contributed by atoms with Gasteiger partial charge in [-0.2, -0.15) is 0 Å². The summed E-state index contributed by atoms with van der Waals surface area (Å²) in [5.74, 6) is 1.03. The molecule has 0 atom stereocenters. The summed E-state index contributed by atoms with van der Waals surface area (Å²) < 4.78 is 0. The molecule has 0 saturated carbocycles. The number of likely N-dealkylation sites (tertiary alicyclic amines) is 1. The Morgan fingerprint density at radius 2 is 1.56 bits per heavy atom. The SMILES string of the molecule is CCc1ccc(CCC(=O)N2CCC(Cc3ccccc3)CC2)cc1. The molecule has 1 heterocycles. The summed E-state index contributed by atoms with van der Waals surface area (Å²) in [5.41, 5.74) is 4.04. The van der Waals surface area contributed by atoms with Crippen molar-refractivity contribution in [3.8, 4) is 0 Å². The van der Waals surface area contributed by atoms with Crippen LogP contribution in [0.1, 0.15) is 42.9 Å². The number of hydrogen-bond acceptors (Lipinski definition) is 1. The van der Waals surface area contributed by atoms with Crippen LogP contribution < -0.4 is 0 Å². The Labute approximate surface area is 151 Å². The van der Waals surface area contributed by atoms with Gasteiger partial charge in [-0.25, -0.2) is 0 Å². The fraction of sp³-hybridized carbons (Fsp3) is 0.435. The van der Waals surface area contributed by atoms with E-state index in [-0.39, 0.29) is 0 Å². The number of benzene rings is 2. The summed E-state index contributed by atoms with van der Waals surface area (Å²) in [5, 5.41) is 0. The maximum atomic E-state index is 12.5. The molecule has 1 aliphatic heterocycles. The summed E-state index contributed by atoms with van der Waals surface area (Å²) in [4.78, 5) is 14.6. The van der Waals surface area contributed by atoms with Crippen LogP contribution in [0.3, 0.4) is 0 Å². The van der Waals surface area contributed by atoms with Crippen LogP contribution in [0.5, 0.6) is 0 Å². The van der Waals surface area contributed by atoms with Crippen molar-refractivity contribution >= 4 is 5.91 Å². The van der Waals surface area contributed by atoms with Crippen molar-refractivity contribution in [1.82, 2.24) is 4.90 Å². The molecule has 0 unspecified atom stereocenters. The molecule has 2 nitrogen and oxygen atoms in total. The molecule has 1 saturated heterocycles. The molecular formula is C23H29NO. The Hall–Kier alpha value is -2.09. The van der Waals surface area contributed by atoms with Gasteiger partial charge < -0.3 is 4.90 Å². The van der Waals surface area contributed by atoms with Gasteiger partial charge in [0.1, 0.15) is 0 Å². The Bertz CT molecular complexity index is 654. The van der Waals surface area contributed by atoms with Crippen molar-refractivity contribution < 1.29 is 4.79 Å². The third-order valence-corrected chi connectivity index (χ3v) is 5.39. The van der Waals surface area contributed by atoms with E-state index in [9.17, 15) is 4.79 Å². The van der Waals surface area contributed by atoms with Crippen LogP contribution >= 0.6 is 0 Å². The highest BCUT2D eigenvalue weighted by Gasteiger charge is 2.22. The van der Waals surface area contributed by atoms with Crippen LogP contribution in [-0.4, -0.2) is 23.9 Å². The average molecular weight is 335 g/mol. The minimum atomic E-state index is 0.317. The first kappa shape index (κ1) is 17.7. The second-order valence-electron chi connectivity index (χ2n) is 7.18. The number of carbonyl (C=O) groups excluding carboxylic acids is 1. The maximum Gasteiger partial charge on any atom is 0.222 e. The zero-order valence-electron chi connectivity index (χ0n) is 15.3. The summed E-state index contributed by atoms with van der Waals surface area (Å²) >= 11 is 0. The van der Waals surface area contributed by atoms with Crippen LogP contribution in [0.4, 0.5) is 0 Å². The van der Waals surface area contributed by atoms with Gasteiger partial charge >= 0.3 is 0 Å². The first-order valence-electron chi connectivity index (χ1n) is 9.64.